The van der Waals surface area contributed by atoms with Gasteiger partial charge >= 0.3 is 5.97 Å². The van der Waals surface area contributed by atoms with E-state index in [9.17, 15) is 18.0 Å². The Hall–Kier alpha value is -2.56. The Bertz CT molecular complexity index is 899. The molecule has 2 aromatic rings. The number of carboxylic acid groups (broad SMARTS) is 1. The zero-order valence-corrected chi connectivity index (χ0v) is 15.8. The highest BCUT2D eigenvalue weighted by Gasteiger charge is 2.39. The maximum atomic E-state index is 14.1. The molecule has 1 aliphatic carbocycles. The van der Waals surface area contributed by atoms with E-state index in [-0.39, 0.29) is 25.1 Å². The Morgan fingerprint density at radius 2 is 1.75 bits per heavy atom. The van der Waals surface area contributed by atoms with Crippen LogP contribution in [0.4, 0.5) is 13.2 Å². The molecular formula is C23H23F3O2. The lowest BCUT2D eigenvalue weighted by Gasteiger charge is -2.11. The van der Waals surface area contributed by atoms with E-state index >= 15 is 0 Å². The predicted molar refractivity (Wildman–Crippen MR) is 103 cm³/mol. The molecule has 0 heterocycles. The molecule has 0 aliphatic heterocycles. The van der Waals surface area contributed by atoms with Crippen molar-refractivity contribution in [2.24, 2.45) is 0 Å². The van der Waals surface area contributed by atoms with Crippen LogP contribution in [-0.4, -0.2) is 17.0 Å². The number of carbonyl (C=O) groups is 1. The zero-order valence-electron chi connectivity index (χ0n) is 15.8. The Morgan fingerprint density at radius 1 is 1.04 bits per heavy atom. The lowest BCUT2D eigenvalue weighted by atomic mass is 9.94. The molecule has 0 atom stereocenters. The molecule has 0 saturated carbocycles. The maximum Gasteiger partial charge on any atom is 0.303 e. The topological polar surface area (TPSA) is 37.3 Å². The average Bonchev–Trinajstić information content (AvgIpc) is 2.94. The largest absolute Gasteiger partial charge is 0.481 e. The van der Waals surface area contributed by atoms with Gasteiger partial charge in [-0.1, -0.05) is 35.9 Å². The summed E-state index contributed by atoms with van der Waals surface area (Å²) in [6, 6.07) is 11.6. The Kier molecular flexibility index (Phi) is 5.92. The Labute approximate surface area is 162 Å². The molecule has 3 rings (SSSR count). The average molecular weight is 388 g/mol. The second-order valence-corrected chi connectivity index (χ2v) is 7.45. The van der Waals surface area contributed by atoms with E-state index < -0.39 is 11.9 Å². The highest BCUT2D eigenvalue weighted by atomic mass is 19.3. The molecule has 2 nitrogen and oxygen atoms in total. The van der Waals surface area contributed by atoms with Crippen molar-refractivity contribution in [1.29, 1.82) is 0 Å². The minimum atomic E-state index is -2.76. The molecule has 0 spiro atoms. The van der Waals surface area contributed by atoms with Crippen LogP contribution in [0.5, 0.6) is 0 Å². The molecule has 28 heavy (non-hydrogen) atoms. The Balaban J connectivity index is 1.75. The first-order chi connectivity index (χ1) is 13.2. The summed E-state index contributed by atoms with van der Waals surface area (Å²) in [5, 5.41) is 8.79. The van der Waals surface area contributed by atoms with Crippen LogP contribution in [0, 0.1) is 12.7 Å². The van der Waals surface area contributed by atoms with Crippen LogP contribution in [-0.2, 0) is 17.6 Å². The number of aryl methyl sites for hydroxylation is 3. The minimum Gasteiger partial charge on any atom is -0.481 e. The molecule has 0 radical (unpaired) electrons. The molecular weight excluding hydrogens is 365 g/mol. The summed E-state index contributed by atoms with van der Waals surface area (Å²) in [6.45, 7) is 1.96. The van der Waals surface area contributed by atoms with Crippen molar-refractivity contribution in [2.45, 2.75) is 51.4 Å². The van der Waals surface area contributed by atoms with Crippen LogP contribution in [0.1, 0.15) is 47.9 Å². The van der Waals surface area contributed by atoms with Crippen LogP contribution in [0.3, 0.4) is 0 Å². The van der Waals surface area contributed by atoms with E-state index in [1.165, 1.54) is 12.1 Å². The summed E-state index contributed by atoms with van der Waals surface area (Å²) >= 11 is 0. The lowest BCUT2D eigenvalue weighted by Crippen LogP contribution is -2.10. The summed E-state index contributed by atoms with van der Waals surface area (Å²) in [5.74, 6) is -3.96. The van der Waals surface area contributed by atoms with Crippen molar-refractivity contribution in [3.8, 4) is 0 Å². The van der Waals surface area contributed by atoms with Crippen molar-refractivity contribution in [1.82, 2.24) is 0 Å². The lowest BCUT2D eigenvalue weighted by molar-refractivity contribution is -0.136. The van der Waals surface area contributed by atoms with Crippen molar-refractivity contribution < 1.29 is 23.1 Å². The number of hydrogen-bond donors (Lipinski definition) is 1. The van der Waals surface area contributed by atoms with Gasteiger partial charge in [0.2, 0.25) is 0 Å². The fourth-order valence-electron chi connectivity index (χ4n) is 3.79. The first kappa shape index (κ1) is 20.2. The van der Waals surface area contributed by atoms with Crippen LogP contribution in [0.15, 0.2) is 48.0 Å². The standard InChI is InChI=1S/C23H23F3O2/c1-15-12-16(3-11-22(27)28)2-4-17(15)5-6-19-13-23(25,26)14-21(19)18-7-9-20(24)10-8-18/h2,4,7-10,12H,3,5-6,11,13-14H2,1H3,(H,27,28). The molecule has 0 fully saturated rings. The highest BCUT2D eigenvalue weighted by molar-refractivity contribution is 5.72. The van der Waals surface area contributed by atoms with Gasteiger partial charge in [0.25, 0.3) is 5.92 Å². The summed E-state index contributed by atoms with van der Waals surface area (Å²) in [5.41, 5.74) is 5.08. The predicted octanol–water partition coefficient (Wildman–Crippen LogP) is 5.97. The summed E-state index contributed by atoms with van der Waals surface area (Å²) in [6.07, 6.45) is 1.17. The van der Waals surface area contributed by atoms with Crippen molar-refractivity contribution in [3.63, 3.8) is 0 Å². The van der Waals surface area contributed by atoms with Gasteiger partial charge in [-0.3, -0.25) is 4.79 Å². The monoisotopic (exact) mass is 388 g/mol. The number of rotatable bonds is 7. The fourth-order valence-corrected chi connectivity index (χ4v) is 3.79. The van der Waals surface area contributed by atoms with Crippen molar-refractivity contribution >= 4 is 11.5 Å². The molecule has 1 N–H and O–H groups in total. The maximum absolute atomic E-state index is 14.1. The molecule has 1 aliphatic rings. The highest BCUT2D eigenvalue weighted by Crippen LogP contribution is 2.45. The number of carboxylic acids is 1. The van der Waals surface area contributed by atoms with Gasteiger partial charge in [0.1, 0.15) is 5.82 Å². The minimum absolute atomic E-state index is 0.0851. The van der Waals surface area contributed by atoms with E-state index in [1.807, 2.05) is 25.1 Å². The summed E-state index contributed by atoms with van der Waals surface area (Å²) in [7, 11) is 0. The normalized spacial score (nSPS) is 15.9. The number of allylic oxidation sites excluding steroid dienone is 2. The number of benzene rings is 2. The first-order valence-corrected chi connectivity index (χ1v) is 9.38. The Morgan fingerprint density at radius 3 is 2.39 bits per heavy atom. The third-order valence-corrected chi connectivity index (χ3v) is 5.26. The van der Waals surface area contributed by atoms with Crippen molar-refractivity contribution in [2.75, 3.05) is 0 Å². The van der Waals surface area contributed by atoms with Gasteiger partial charge in [-0.25, -0.2) is 13.2 Å². The SMILES string of the molecule is Cc1cc(CCC(=O)O)ccc1CCC1=C(c2ccc(F)cc2)CC(F)(F)C1. The fraction of sp³-hybridized carbons (Fsp3) is 0.348. The molecule has 2 aromatic carbocycles. The molecule has 148 valence electrons. The van der Waals surface area contributed by atoms with Crippen LogP contribution < -0.4 is 0 Å². The molecule has 0 unspecified atom stereocenters. The third kappa shape index (κ3) is 5.03. The van der Waals surface area contributed by atoms with Crippen LogP contribution in [0.2, 0.25) is 0 Å². The van der Waals surface area contributed by atoms with Gasteiger partial charge < -0.3 is 5.11 Å². The van der Waals surface area contributed by atoms with E-state index in [0.29, 0.717) is 30.4 Å². The second kappa shape index (κ2) is 8.21. The zero-order chi connectivity index (χ0) is 20.3. The quantitative estimate of drug-likeness (QED) is 0.635. The molecule has 5 heteroatoms. The summed E-state index contributed by atoms with van der Waals surface area (Å²) < 4.78 is 41.3. The number of hydrogen-bond acceptors (Lipinski definition) is 1. The van der Waals surface area contributed by atoms with Gasteiger partial charge in [0, 0.05) is 19.3 Å². The molecule has 0 amide bonds. The summed E-state index contributed by atoms with van der Waals surface area (Å²) in [4.78, 5) is 10.7. The molecule has 0 bridgehead atoms. The van der Waals surface area contributed by atoms with Gasteiger partial charge in [-0.15, -0.1) is 0 Å². The van der Waals surface area contributed by atoms with Gasteiger partial charge in [-0.05, 0) is 66.1 Å². The smallest absolute Gasteiger partial charge is 0.303 e. The van der Waals surface area contributed by atoms with Gasteiger partial charge in [0.05, 0.1) is 0 Å². The van der Waals surface area contributed by atoms with Gasteiger partial charge in [-0.2, -0.15) is 0 Å². The number of aliphatic carboxylic acids is 1. The van der Waals surface area contributed by atoms with E-state index in [2.05, 4.69) is 0 Å². The van der Waals surface area contributed by atoms with E-state index in [4.69, 9.17) is 5.11 Å². The first-order valence-electron chi connectivity index (χ1n) is 9.38. The van der Waals surface area contributed by atoms with Crippen LogP contribution >= 0.6 is 0 Å². The van der Waals surface area contributed by atoms with Gasteiger partial charge in [0.15, 0.2) is 0 Å². The van der Waals surface area contributed by atoms with Crippen LogP contribution in [0.25, 0.3) is 5.57 Å². The molecule has 0 saturated heterocycles. The number of alkyl halides is 2. The van der Waals surface area contributed by atoms with Crippen molar-refractivity contribution in [3.05, 3.63) is 76.1 Å². The van der Waals surface area contributed by atoms with E-state index in [0.717, 1.165) is 22.3 Å². The third-order valence-electron chi connectivity index (χ3n) is 5.26. The molecule has 0 aromatic heterocycles. The number of halogens is 3. The second-order valence-electron chi connectivity index (χ2n) is 7.45. The van der Waals surface area contributed by atoms with E-state index in [1.54, 1.807) is 12.1 Å².